The number of hydrogen-bond donors (Lipinski definition) is 2. The number of nitrogens with two attached hydrogens (primary N) is 1. The highest BCUT2D eigenvalue weighted by atomic mass is 16.2. The topological polar surface area (TPSA) is 58.4 Å². The number of carbonyl (C=O) groups excluding carboxylic acids is 1. The minimum atomic E-state index is 0.0622. The van der Waals surface area contributed by atoms with Gasteiger partial charge < -0.3 is 11.1 Å². The first-order chi connectivity index (χ1) is 10.1. The van der Waals surface area contributed by atoms with Crippen LogP contribution in [-0.2, 0) is 11.3 Å². The molecule has 1 heterocycles. The van der Waals surface area contributed by atoms with Crippen molar-refractivity contribution in [2.24, 2.45) is 17.6 Å². The SMILES string of the molecule is CC(C)C1CCN(CC(=O)Nc2cccc(CN)c2)CC1. The molecule has 4 heteroatoms. The molecule has 3 N–H and O–H groups in total. The third-order valence-electron chi connectivity index (χ3n) is 4.39. The molecule has 2 rings (SSSR count). The van der Waals surface area contributed by atoms with Gasteiger partial charge in [0.25, 0.3) is 0 Å². The van der Waals surface area contributed by atoms with Gasteiger partial charge in [-0.1, -0.05) is 26.0 Å². The third kappa shape index (κ3) is 4.83. The van der Waals surface area contributed by atoms with E-state index in [-0.39, 0.29) is 5.91 Å². The van der Waals surface area contributed by atoms with Crippen molar-refractivity contribution < 1.29 is 4.79 Å². The van der Waals surface area contributed by atoms with Crippen molar-refractivity contribution >= 4 is 11.6 Å². The van der Waals surface area contributed by atoms with Crippen molar-refractivity contribution in [3.63, 3.8) is 0 Å². The Labute approximate surface area is 127 Å². The van der Waals surface area contributed by atoms with Gasteiger partial charge in [-0.25, -0.2) is 0 Å². The molecule has 1 saturated heterocycles. The van der Waals surface area contributed by atoms with Crippen molar-refractivity contribution in [2.75, 3.05) is 25.0 Å². The summed E-state index contributed by atoms with van der Waals surface area (Å²) in [6, 6.07) is 7.73. The van der Waals surface area contributed by atoms with Crippen LogP contribution >= 0.6 is 0 Å². The summed E-state index contributed by atoms with van der Waals surface area (Å²) in [6.07, 6.45) is 2.40. The van der Waals surface area contributed by atoms with E-state index in [0.717, 1.165) is 36.2 Å². The van der Waals surface area contributed by atoms with Crippen molar-refractivity contribution in [3.8, 4) is 0 Å². The number of piperidine rings is 1. The summed E-state index contributed by atoms with van der Waals surface area (Å²) in [4.78, 5) is 14.4. The van der Waals surface area contributed by atoms with Crippen LogP contribution in [0.15, 0.2) is 24.3 Å². The fraction of sp³-hybridized carbons (Fsp3) is 0.588. The van der Waals surface area contributed by atoms with E-state index < -0.39 is 0 Å². The molecule has 116 valence electrons. The smallest absolute Gasteiger partial charge is 0.238 e. The van der Waals surface area contributed by atoms with E-state index in [9.17, 15) is 4.79 Å². The zero-order chi connectivity index (χ0) is 15.2. The van der Waals surface area contributed by atoms with Crippen molar-refractivity contribution in [1.29, 1.82) is 0 Å². The van der Waals surface area contributed by atoms with Crippen molar-refractivity contribution in [1.82, 2.24) is 4.90 Å². The number of anilines is 1. The van der Waals surface area contributed by atoms with Gasteiger partial charge in [-0.2, -0.15) is 0 Å². The molecule has 1 fully saturated rings. The van der Waals surface area contributed by atoms with Gasteiger partial charge in [-0.05, 0) is 55.5 Å². The molecule has 0 spiro atoms. The van der Waals surface area contributed by atoms with Gasteiger partial charge in [0.1, 0.15) is 0 Å². The summed E-state index contributed by atoms with van der Waals surface area (Å²) in [5, 5.41) is 2.96. The first-order valence-corrected chi connectivity index (χ1v) is 7.89. The second-order valence-electron chi connectivity index (χ2n) is 6.31. The Balaban J connectivity index is 1.80. The molecule has 0 radical (unpaired) electrons. The number of hydrogen-bond acceptors (Lipinski definition) is 3. The molecule has 4 nitrogen and oxygen atoms in total. The van der Waals surface area contributed by atoms with E-state index in [4.69, 9.17) is 5.73 Å². The maximum atomic E-state index is 12.1. The van der Waals surface area contributed by atoms with Gasteiger partial charge in [-0.15, -0.1) is 0 Å². The zero-order valence-corrected chi connectivity index (χ0v) is 13.1. The summed E-state index contributed by atoms with van der Waals surface area (Å²) < 4.78 is 0. The quantitative estimate of drug-likeness (QED) is 0.875. The fourth-order valence-electron chi connectivity index (χ4n) is 2.96. The van der Waals surface area contributed by atoms with Crippen LogP contribution in [0.1, 0.15) is 32.3 Å². The molecule has 0 atom stereocenters. The number of amides is 1. The number of likely N-dealkylation sites (tertiary alicyclic amines) is 1. The monoisotopic (exact) mass is 289 g/mol. The molecule has 0 aromatic heterocycles. The van der Waals surface area contributed by atoms with Gasteiger partial charge in [-0.3, -0.25) is 9.69 Å². The van der Waals surface area contributed by atoms with Crippen molar-refractivity contribution in [3.05, 3.63) is 29.8 Å². The lowest BCUT2D eigenvalue weighted by Crippen LogP contribution is -2.40. The average Bonchev–Trinajstić information content (AvgIpc) is 2.47. The van der Waals surface area contributed by atoms with Crippen LogP contribution in [0.4, 0.5) is 5.69 Å². The van der Waals surface area contributed by atoms with Crippen LogP contribution in [0.5, 0.6) is 0 Å². The Kier molecular flexibility index (Phi) is 5.76. The van der Waals surface area contributed by atoms with E-state index in [2.05, 4.69) is 24.1 Å². The molecule has 1 amide bonds. The zero-order valence-electron chi connectivity index (χ0n) is 13.1. The second kappa shape index (κ2) is 7.57. The molecule has 1 aliphatic rings. The highest BCUT2D eigenvalue weighted by Crippen LogP contribution is 2.24. The minimum Gasteiger partial charge on any atom is -0.326 e. The van der Waals surface area contributed by atoms with E-state index >= 15 is 0 Å². The number of rotatable bonds is 5. The van der Waals surface area contributed by atoms with E-state index in [1.54, 1.807) is 0 Å². The van der Waals surface area contributed by atoms with Gasteiger partial charge in [0.15, 0.2) is 0 Å². The Morgan fingerprint density at radius 1 is 1.38 bits per heavy atom. The van der Waals surface area contributed by atoms with Gasteiger partial charge >= 0.3 is 0 Å². The predicted molar refractivity (Wildman–Crippen MR) is 87.0 cm³/mol. The molecule has 0 bridgehead atoms. The molecular weight excluding hydrogens is 262 g/mol. The summed E-state index contributed by atoms with van der Waals surface area (Å²) in [7, 11) is 0. The van der Waals surface area contributed by atoms with E-state index in [1.165, 1.54) is 12.8 Å². The lowest BCUT2D eigenvalue weighted by Gasteiger charge is -2.33. The maximum absolute atomic E-state index is 12.1. The normalized spacial score (nSPS) is 17.1. The first kappa shape index (κ1) is 16.0. The van der Waals surface area contributed by atoms with Gasteiger partial charge in [0.05, 0.1) is 6.54 Å². The minimum absolute atomic E-state index is 0.0622. The van der Waals surface area contributed by atoms with Gasteiger partial charge in [0, 0.05) is 12.2 Å². The second-order valence-corrected chi connectivity index (χ2v) is 6.31. The number of carbonyl (C=O) groups is 1. The largest absolute Gasteiger partial charge is 0.326 e. The molecular formula is C17H27N3O. The van der Waals surface area contributed by atoms with Crippen LogP contribution < -0.4 is 11.1 Å². The summed E-state index contributed by atoms with van der Waals surface area (Å²) in [6.45, 7) is 7.61. The average molecular weight is 289 g/mol. The number of nitrogens with one attached hydrogen (secondary N) is 1. The Hall–Kier alpha value is -1.39. The van der Waals surface area contributed by atoms with E-state index in [0.29, 0.717) is 13.1 Å². The highest BCUT2D eigenvalue weighted by molar-refractivity contribution is 5.92. The first-order valence-electron chi connectivity index (χ1n) is 7.89. The number of benzene rings is 1. The molecule has 0 unspecified atom stereocenters. The van der Waals surface area contributed by atoms with Crippen LogP contribution in [0, 0.1) is 11.8 Å². The molecule has 1 aromatic carbocycles. The lowest BCUT2D eigenvalue weighted by molar-refractivity contribution is -0.117. The molecule has 0 saturated carbocycles. The Bertz CT molecular complexity index is 465. The van der Waals surface area contributed by atoms with Gasteiger partial charge in [0.2, 0.25) is 5.91 Å². The molecule has 1 aliphatic heterocycles. The molecule has 21 heavy (non-hydrogen) atoms. The molecule has 1 aromatic rings. The summed E-state index contributed by atoms with van der Waals surface area (Å²) in [5.41, 5.74) is 7.48. The Morgan fingerprint density at radius 3 is 2.71 bits per heavy atom. The lowest BCUT2D eigenvalue weighted by atomic mass is 9.87. The number of nitrogens with zero attached hydrogens (tertiary/aromatic N) is 1. The third-order valence-corrected chi connectivity index (χ3v) is 4.39. The summed E-state index contributed by atoms with van der Waals surface area (Å²) >= 11 is 0. The van der Waals surface area contributed by atoms with Crippen LogP contribution in [0.2, 0.25) is 0 Å². The van der Waals surface area contributed by atoms with E-state index in [1.807, 2.05) is 24.3 Å². The van der Waals surface area contributed by atoms with Crippen LogP contribution in [-0.4, -0.2) is 30.4 Å². The Morgan fingerprint density at radius 2 is 2.10 bits per heavy atom. The van der Waals surface area contributed by atoms with Crippen molar-refractivity contribution in [2.45, 2.75) is 33.2 Å². The fourth-order valence-corrected chi connectivity index (χ4v) is 2.96. The maximum Gasteiger partial charge on any atom is 0.238 e. The standard InChI is InChI=1S/C17H27N3O/c1-13(2)15-6-8-20(9-7-15)12-17(21)19-16-5-3-4-14(10-16)11-18/h3-5,10,13,15H,6-9,11-12,18H2,1-2H3,(H,19,21). The van der Waals surface area contributed by atoms with Crippen LogP contribution in [0.3, 0.4) is 0 Å². The highest BCUT2D eigenvalue weighted by Gasteiger charge is 2.22. The van der Waals surface area contributed by atoms with Crippen LogP contribution in [0.25, 0.3) is 0 Å². The summed E-state index contributed by atoms with van der Waals surface area (Å²) in [5.74, 6) is 1.62. The predicted octanol–water partition coefficient (Wildman–Crippen LogP) is 2.45. The molecule has 0 aliphatic carbocycles.